The lowest BCUT2D eigenvalue weighted by Gasteiger charge is -2.06. The van der Waals surface area contributed by atoms with E-state index in [-0.39, 0.29) is 17.6 Å². The lowest BCUT2D eigenvalue weighted by molar-refractivity contribution is -0.117. The molecule has 0 bridgehead atoms. The average Bonchev–Trinajstić information content (AvgIpc) is 3.04. The Balaban J connectivity index is 2.10. The van der Waals surface area contributed by atoms with Crippen LogP contribution in [0.1, 0.15) is 25.3 Å². The largest absolute Gasteiger partial charge is 0.326 e. The summed E-state index contributed by atoms with van der Waals surface area (Å²) in [6.07, 6.45) is 2.60. The number of anilines is 1. The van der Waals surface area contributed by atoms with Gasteiger partial charge in [0.2, 0.25) is 5.91 Å². The molecule has 2 nitrogen and oxygen atoms in total. The molecule has 0 spiro atoms. The smallest absolute Gasteiger partial charge is 0.227 e. The van der Waals surface area contributed by atoms with Gasteiger partial charge in [-0.1, -0.05) is 6.92 Å². The van der Waals surface area contributed by atoms with E-state index in [0.29, 0.717) is 17.7 Å². The molecule has 0 saturated heterocycles. The molecule has 0 aromatic heterocycles. The minimum Gasteiger partial charge on any atom is -0.326 e. The van der Waals surface area contributed by atoms with E-state index in [0.717, 1.165) is 12.8 Å². The van der Waals surface area contributed by atoms with Crippen molar-refractivity contribution >= 4 is 11.6 Å². The van der Waals surface area contributed by atoms with E-state index in [1.165, 1.54) is 6.07 Å². The van der Waals surface area contributed by atoms with E-state index >= 15 is 0 Å². The number of rotatable bonds is 3. The van der Waals surface area contributed by atoms with Gasteiger partial charge in [-0.2, -0.15) is 0 Å². The zero-order valence-corrected chi connectivity index (χ0v) is 8.72. The summed E-state index contributed by atoms with van der Waals surface area (Å²) in [5.41, 5.74) is 1.34. The quantitative estimate of drug-likeness (QED) is 0.811. The first-order chi connectivity index (χ1) is 7.20. The van der Waals surface area contributed by atoms with Crippen molar-refractivity contribution in [3.05, 3.63) is 29.6 Å². The van der Waals surface area contributed by atoms with Crippen LogP contribution in [0.4, 0.5) is 10.1 Å². The molecule has 0 unspecified atom stereocenters. The van der Waals surface area contributed by atoms with Crippen molar-refractivity contribution in [2.45, 2.75) is 26.2 Å². The Morgan fingerprint density at radius 2 is 2.27 bits per heavy atom. The van der Waals surface area contributed by atoms with E-state index in [9.17, 15) is 9.18 Å². The lowest BCUT2D eigenvalue weighted by Crippen LogP contribution is -2.13. The van der Waals surface area contributed by atoms with E-state index in [4.69, 9.17) is 0 Å². The van der Waals surface area contributed by atoms with Crippen LogP contribution in [0.3, 0.4) is 0 Å². The molecular weight excluding hydrogens is 193 g/mol. The van der Waals surface area contributed by atoms with Crippen LogP contribution in [-0.4, -0.2) is 5.91 Å². The normalized spacial score (nSPS) is 15.1. The highest BCUT2D eigenvalue weighted by atomic mass is 19.1. The summed E-state index contributed by atoms with van der Waals surface area (Å²) in [4.78, 5) is 11.5. The van der Waals surface area contributed by atoms with Gasteiger partial charge in [0.1, 0.15) is 5.82 Å². The summed E-state index contributed by atoms with van der Waals surface area (Å²) in [6.45, 7) is 1.89. The zero-order valence-electron chi connectivity index (χ0n) is 8.72. The Bertz CT molecular complexity index is 385. The number of amides is 1. The van der Waals surface area contributed by atoms with Gasteiger partial charge in [-0.05, 0) is 43.0 Å². The van der Waals surface area contributed by atoms with Crippen LogP contribution in [-0.2, 0) is 11.2 Å². The summed E-state index contributed by atoms with van der Waals surface area (Å²) >= 11 is 0. The second-order valence-corrected chi connectivity index (χ2v) is 3.92. The first kappa shape index (κ1) is 10.1. The molecule has 2 rings (SSSR count). The Kier molecular flexibility index (Phi) is 2.71. The third-order valence-electron chi connectivity index (χ3n) is 2.64. The molecule has 1 amide bonds. The van der Waals surface area contributed by atoms with E-state index in [2.05, 4.69) is 5.32 Å². The van der Waals surface area contributed by atoms with Crippen molar-refractivity contribution in [2.24, 2.45) is 5.92 Å². The van der Waals surface area contributed by atoms with Crippen LogP contribution in [0.5, 0.6) is 0 Å². The Morgan fingerprint density at radius 1 is 1.53 bits per heavy atom. The molecule has 80 valence electrons. The number of nitrogens with one attached hydrogen (secondary N) is 1. The van der Waals surface area contributed by atoms with Gasteiger partial charge in [0, 0.05) is 11.6 Å². The number of aryl methyl sites for hydroxylation is 1. The number of carbonyl (C=O) groups is 1. The van der Waals surface area contributed by atoms with Crippen molar-refractivity contribution in [3.63, 3.8) is 0 Å². The highest BCUT2D eigenvalue weighted by Crippen LogP contribution is 2.30. The number of carbonyl (C=O) groups excluding carboxylic acids is 1. The van der Waals surface area contributed by atoms with Gasteiger partial charge in [0.15, 0.2) is 0 Å². The molecule has 0 radical (unpaired) electrons. The number of halogens is 1. The maximum Gasteiger partial charge on any atom is 0.227 e. The maximum absolute atomic E-state index is 13.2. The molecular formula is C12H14FNO. The second-order valence-electron chi connectivity index (χ2n) is 3.92. The fraction of sp³-hybridized carbons (Fsp3) is 0.417. The van der Waals surface area contributed by atoms with Crippen molar-refractivity contribution in [2.75, 3.05) is 5.32 Å². The Labute approximate surface area is 88.5 Å². The van der Waals surface area contributed by atoms with Crippen LogP contribution >= 0.6 is 0 Å². The molecule has 1 aromatic carbocycles. The fourth-order valence-electron chi connectivity index (χ4n) is 1.51. The van der Waals surface area contributed by atoms with Gasteiger partial charge >= 0.3 is 0 Å². The van der Waals surface area contributed by atoms with Crippen molar-refractivity contribution in [1.29, 1.82) is 0 Å². The van der Waals surface area contributed by atoms with Crippen molar-refractivity contribution in [1.82, 2.24) is 0 Å². The first-order valence-electron chi connectivity index (χ1n) is 5.30. The topological polar surface area (TPSA) is 29.1 Å². The SMILES string of the molecule is CCc1cc(NC(=O)C2CC2)ccc1F. The predicted molar refractivity (Wildman–Crippen MR) is 57.1 cm³/mol. The highest BCUT2D eigenvalue weighted by Gasteiger charge is 2.29. The number of hydrogen-bond donors (Lipinski definition) is 1. The summed E-state index contributed by atoms with van der Waals surface area (Å²) < 4.78 is 13.2. The molecule has 0 heterocycles. The average molecular weight is 207 g/mol. The molecule has 0 aliphatic heterocycles. The van der Waals surface area contributed by atoms with E-state index in [1.807, 2.05) is 6.92 Å². The summed E-state index contributed by atoms with van der Waals surface area (Å²) in [7, 11) is 0. The second kappa shape index (κ2) is 4.01. The summed E-state index contributed by atoms with van der Waals surface area (Å²) in [5.74, 6) is 0.0331. The van der Waals surface area contributed by atoms with E-state index in [1.54, 1.807) is 12.1 Å². The summed E-state index contributed by atoms with van der Waals surface area (Å²) in [6, 6.07) is 4.71. The van der Waals surface area contributed by atoms with Crippen molar-refractivity contribution in [3.8, 4) is 0 Å². The van der Waals surface area contributed by atoms with Gasteiger partial charge in [0.25, 0.3) is 0 Å². The van der Waals surface area contributed by atoms with Gasteiger partial charge in [-0.3, -0.25) is 4.79 Å². The van der Waals surface area contributed by atoms with Gasteiger partial charge in [-0.15, -0.1) is 0 Å². The van der Waals surface area contributed by atoms with Gasteiger partial charge < -0.3 is 5.32 Å². The maximum atomic E-state index is 13.2. The zero-order chi connectivity index (χ0) is 10.8. The Hall–Kier alpha value is -1.38. The molecule has 3 heteroatoms. The third-order valence-corrected chi connectivity index (χ3v) is 2.64. The molecule has 1 aliphatic carbocycles. The predicted octanol–water partition coefficient (Wildman–Crippen LogP) is 2.74. The molecule has 1 aromatic rings. The van der Waals surface area contributed by atoms with E-state index < -0.39 is 0 Å². The van der Waals surface area contributed by atoms with Crippen LogP contribution in [0.25, 0.3) is 0 Å². The van der Waals surface area contributed by atoms with Crippen LogP contribution in [0, 0.1) is 11.7 Å². The molecule has 0 atom stereocenters. The number of benzene rings is 1. The minimum absolute atomic E-state index is 0.0589. The number of hydrogen-bond acceptors (Lipinski definition) is 1. The molecule has 1 fully saturated rings. The van der Waals surface area contributed by atoms with Crippen LogP contribution in [0.15, 0.2) is 18.2 Å². The lowest BCUT2D eigenvalue weighted by atomic mass is 10.1. The standard InChI is InChI=1S/C12H14FNO/c1-2-8-7-10(5-6-11(8)13)14-12(15)9-3-4-9/h5-7,9H,2-4H2,1H3,(H,14,15). The van der Waals surface area contributed by atoms with Gasteiger partial charge in [0.05, 0.1) is 0 Å². The monoisotopic (exact) mass is 207 g/mol. The minimum atomic E-state index is -0.207. The third kappa shape index (κ3) is 2.35. The highest BCUT2D eigenvalue weighted by molar-refractivity contribution is 5.94. The molecule has 1 saturated carbocycles. The molecule has 1 N–H and O–H groups in total. The molecule has 1 aliphatic rings. The summed E-state index contributed by atoms with van der Waals surface area (Å²) in [5, 5.41) is 2.80. The van der Waals surface area contributed by atoms with Gasteiger partial charge in [-0.25, -0.2) is 4.39 Å². The van der Waals surface area contributed by atoms with Crippen LogP contribution < -0.4 is 5.32 Å². The first-order valence-corrected chi connectivity index (χ1v) is 5.30. The Morgan fingerprint density at radius 3 is 2.87 bits per heavy atom. The van der Waals surface area contributed by atoms with Crippen LogP contribution in [0.2, 0.25) is 0 Å². The fourth-order valence-corrected chi connectivity index (χ4v) is 1.51. The van der Waals surface area contributed by atoms with Crippen molar-refractivity contribution < 1.29 is 9.18 Å². The molecule has 15 heavy (non-hydrogen) atoms.